The van der Waals surface area contributed by atoms with Crippen molar-refractivity contribution in [2.45, 2.75) is 13.0 Å². The molecule has 1 fully saturated rings. The van der Waals surface area contributed by atoms with E-state index in [0.717, 1.165) is 13.1 Å². The molecule has 0 aliphatic carbocycles. The van der Waals surface area contributed by atoms with Crippen molar-refractivity contribution in [3.63, 3.8) is 0 Å². The number of hydrogen-bond donors (Lipinski definition) is 2. The highest BCUT2D eigenvalue weighted by Crippen LogP contribution is 2.19. The van der Waals surface area contributed by atoms with Crippen LogP contribution < -0.4 is 5.73 Å². The molecule has 1 saturated heterocycles. The normalized spacial score (nSPS) is 17.8. The van der Waals surface area contributed by atoms with Gasteiger partial charge in [-0.25, -0.2) is 0 Å². The molecule has 0 aromatic heterocycles. The number of benzene rings is 1. The molecule has 1 atom stereocenters. The lowest BCUT2D eigenvalue weighted by Crippen LogP contribution is -2.53. The van der Waals surface area contributed by atoms with Crippen molar-refractivity contribution in [2.75, 3.05) is 26.2 Å². The Balaban J connectivity index is 1.99. The third-order valence-corrected chi connectivity index (χ3v) is 4.04. The zero-order valence-electron chi connectivity index (χ0n) is 11.5. The van der Waals surface area contributed by atoms with Gasteiger partial charge in [0.25, 0.3) is 5.91 Å². The summed E-state index contributed by atoms with van der Waals surface area (Å²) in [7, 11) is 0. The van der Waals surface area contributed by atoms with Crippen molar-refractivity contribution >= 4 is 23.1 Å². The van der Waals surface area contributed by atoms with Crippen LogP contribution in [0.3, 0.4) is 0 Å². The third kappa shape index (κ3) is 3.08. The number of nitrogens with zero attached hydrogens (tertiary/aromatic N) is 2. The van der Waals surface area contributed by atoms with Crippen LogP contribution in [0.4, 0.5) is 0 Å². The molecule has 1 heterocycles. The molecule has 1 aromatic carbocycles. The van der Waals surface area contributed by atoms with Crippen LogP contribution in [0.25, 0.3) is 0 Å². The van der Waals surface area contributed by atoms with E-state index in [1.54, 1.807) is 23.1 Å². The first-order valence-corrected chi connectivity index (χ1v) is 7.02. The van der Waals surface area contributed by atoms with Crippen molar-refractivity contribution in [3.05, 3.63) is 29.8 Å². The van der Waals surface area contributed by atoms with Crippen molar-refractivity contribution in [3.8, 4) is 5.75 Å². The van der Waals surface area contributed by atoms with Gasteiger partial charge in [0.15, 0.2) is 0 Å². The molecule has 1 aliphatic rings. The molecule has 20 heavy (non-hydrogen) atoms. The summed E-state index contributed by atoms with van der Waals surface area (Å²) in [5, 5.41) is 9.73. The largest absolute Gasteiger partial charge is 0.507 e. The number of para-hydroxylation sites is 1. The quantitative estimate of drug-likeness (QED) is 0.808. The Bertz CT molecular complexity index is 513. The summed E-state index contributed by atoms with van der Waals surface area (Å²) in [6.07, 6.45) is 0. The van der Waals surface area contributed by atoms with Gasteiger partial charge in [0.05, 0.1) is 16.6 Å². The van der Waals surface area contributed by atoms with Crippen LogP contribution in [0, 0.1) is 0 Å². The highest BCUT2D eigenvalue weighted by molar-refractivity contribution is 7.80. The fourth-order valence-corrected chi connectivity index (χ4v) is 2.47. The van der Waals surface area contributed by atoms with Crippen LogP contribution in [0.2, 0.25) is 0 Å². The molecule has 0 saturated carbocycles. The van der Waals surface area contributed by atoms with Crippen molar-refractivity contribution in [1.29, 1.82) is 0 Å². The second-order valence-electron chi connectivity index (χ2n) is 4.92. The van der Waals surface area contributed by atoms with E-state index in [9.17, 15) is 9.90 Å². The predicted octanol–water partition coefficient (Wildman–Crippen LogP) is 0.825. The Morgan fingerprint density at radius 2 is 1.90 bits per heavy atom. The number of piperazine rings is 1. The van der Waals surface area contributed by atoms with Gasteiger partial charge in [0, 0.05) is 26.2 Å². The van der Waals surface area contributed by atoms with Gasteiger partial charge in [-0.1, -0.05) is 24.4 Å². The summed E-state index contributed by atoms with van der Waals surface area (Å²) in [4.78, 5) is 16.7. The maximum absolute atomic E-state index is 12.3. The molecule has 5 nitrogen and oxygen atoms in total. The summed E-state index contributed by atoms with van der Waals surface area (Å²) >= 11 is 5.00. The summed E-state index contributed by atoms with van der Waals surface area (Å²) < 4.78 is 0. The van der Waals surface area contributed by atoms with Gasteiger partial charge in [-0.15, -0.1) is 0 Å². The molecular formula is C14H19N3O2S. The van der Waals surface area contributed by atoms with Gasteiger partial charge < -0.3 is 15.7 Å². The number of rotatable bonds is 3. The van der Waals surface area contributed by atoms with E-state index >= 15 is 0 Å². The van der Waals surface area contributed by atoms with E-state index in [4.69, 9.17) is 18.0 Å². The first-order valence-electron chi connectivity index (χ1n) is 6.61. The highest BCUT2D eigenvalue weighted by atomic mass is 32.1. The van der Waals surface area contributed by atoms with Gasteiger partial charge in [0.1, 0.15) is 5.75 Å². The highest BCUT2D eigenvalue weighted by Gasteiger charge is 2.26. The van der Waals surface area contributed by atoms with Gasteiger partial charge in [0.2, 0.25) is 0 Å². The average Bonchev–Trinajstić information content (AvgIpc) is 2.46. The van der Waals surface area contributed by atoms with E-state index in [1.807, 2.05) is 6.92 Å². The molecule has 0 bridgehead atoms. The Labute approximate surface area is 124 Å². The Kier molecular flexibility index (Phi) is 4.57. The number of phenolic OH excluding ortho intramolecular Hbond substituents is 1. The maximum Gasteiger partial charge on any atom is 0.257 e. The van der Waals surface area contributed by atoms with Crippen LogP contribution in [0.15, 0.2) is 24.3 Å². The molecular weight excluding hydrogens is 274 g/mol. The molecule has 1 amide bonds. The van der Waals surface area contributed by atoms with E-state index in [-0.39, 0.29) is 17.7 Å². The fourth-order valence-electron chi connectivity index (χ4n) is 2.32. The molecule has 1 aliphatic heterocycles. The van der Waals surface area contributed by atoms with E-state index in [2.05, 4.69) is 4.90 Å². The van der Waals surface area contributed by atoms with E-state index in [0.29, 0.717) is 23.6 Å². The third-order valence-electron chi connectivity index (χ3n) is 3.70. The van der Waals surface area contributed by atoms with Gasteiger partial charge in [-0.05, 0) is 19.1 Å². The monoisotopic (exact) mass is 293 g/mol. The van der Waals surface area contributed by atoms with Crippen LogP contribution >= 0.6 is 12.2 Å². The summed E-state index contributed by atoms with van der Waals surface area (Å²) in [5.41, 5.74) is 6.00. The smallest absolute Gasteiger partial charge is 0.257 e. The molecule has 6 heteroatoms. The van der Waals surface area contributed by atoms with Crippen molar-refractivity contribution in [2.24, 2.45) is 5.73 Å². The zero-order valence-corrected chi connectivity index (χ0v) is 12.3. The molecule has 0 spiro atoms. The zero-order chi connectivity index (χ0) is 14.7. The number of hydrogen-bond acceptors (Lipinski definition) is 4. The lowest BCUT2D eigenvalue weighted by Gasteiger charge is -2.37. The number of phenols is 1. The van der Waals surface area contributed by atoms with Crippen molar-refractivity contribution in [1.82, 2.24) is 9.80 Å². The SMILES string of the molecule is CC(C(N)=S)N1CCN(C(=O)c2ccccc2O)CC1. The topological polar surface area (TPSA) is 69.8 Å². The molecule has 2 rings (SSSR count). The predicted molar refractivity (Wildman–Crippen MR) is 81.8 cm³/mol. The molecule has 3 N–H and O–H groups in total. The van der Waals surface area contributed by atoms with Crippen molar-refractivity contribution < 1.29 is 9.90 Å². The Morgan fingerprint density at radius 1 is 1.30 bits per heavy atom. The van der Waals surface area contributed by atoms with Crippen LogP contribution in [0.1, 0.15) is 17.3 Å². The minimum atomic E-state index is -0.134. The van der Waals surface area contributed by atoms with Gasteiger partial charge >= 0.3 is 0 Å². The lowest BCUT2D eigenvalue weighted by atomic mass is 10.1. The first kappa shape index (κ1) is 14.7. The summed E-state index contributed by atoms with van der Waals surface area (Å²) in [6.45, 7) is 4.67. The standard InChI is InChI=1S/C14H19N3O2S/c1-10(13(15)20)16-6-8-17(9-7-16)14(19)11-4-2-3-5-12(11)18/h2-5,10,18H,6-9H2,1H3,(H2,15,20). The van der Waals surface area contributed by atoms with E-state index < -0.39 is 0 Å². The minimum absolute atomic E-state index is 0.0245. The Morgan fingerprint density at radius 3 is 2.45 bits per heavy atom. The molecule has 108 valence electrons. The van der Waals surface area contributed by atoms with Crippen LogP contribution in [0.5, 0.6) is 5.75 Å². The number of aromatic hydroxyl groups is 1. The van der Waals surface area contributed by atoms with Crippen LogP contribution in [-0.4, -0.2) is 58.0 Å². The first-order chi connectivity index (χ1) is 9.50. The number of thiocarbonyl (C=S) groups is 1. The second kappa shape index (κ2) is 6.19. The lowest BCUT2D eigenvalue weighted by molar-refractivity contribution is 0.0619. The molecule has 1 aromatic rings. The average molecular weight is 293 g/mol. The maximum atomic E-state index is 12.3. The number of amides is 1. The van der Waals surface area contributed by atoms with Gasteiger partial charge in [-0.3, -0.25) is 9.69 Å². The molecule has 1 unspecified atom stereocenters. The van der Waals surface area contributed by atoms with Gasteiger partial charge in [-0.2, -0.15) is 0 Å². The Hall–Kier alpha value is -1.66. The summed E-state index contributed by atoms with van der Waals surface area (Å²) in [5.74, 6) is -0.109. The second-order valence-corrected chi connectivity index (χ2v) is 5.40. The number of carbonyl (C=O) groups is 1. The molecule has 0 radical (unpaired) electrons. The number of nitrogens with two attached hydrogens (primary N) is 1. The summed E-state index contributed by atoms with van der Waals surface area (Å²) in [6, 6.07) is 6.67. The van der Waals surface area contributed by atoms with Crippen LogP contribution in [-0.2, 0) is 0 Å². The van der Waals surface area contributed by atoms with E-state index in [1.165, 1.54) is 6.07 Å². The minimum Gasteiger partial charge on any atom is -0.507 e. The number of carbonyl (C=O) groups excluding carboxylic acids is 1. The fraction of sp³-hybridized carbons (Fsp3) is 0.429.